The molecule has 1 heterocycles. The average molecular weight is 299 g/mol. The Hall–Kier alpha value is -1.29. The van der Waals surface area contributed by atoms with Crippen LogP contribution in [0, 0.1) is 13.8 Å². The van der Waals surface area contributed by atoms with Gasteiger partial charge in [0.05, 0.1) is 5.88 Å². The van der Waals surface area contributed by atoms with Crippen LogP contribution in [0.1, 0.15) is 48.4 Å². The van der Waals surface area contributed by atoms with E-state index in [1.807, 2.05) is 38.3 Å². The lowest BCUT2D eigenvalue weighted by Crippen LogP contribution is -2.32. The molecule has 1 amide bonds. The fourth-order valence-corrected chi connectivity index (χ4v) is 2.31. The number of nitrogens with zero attached hydrogens (tertiary/aromatic N) is 1. The molecule has 5 heteroatoms. The summed E-state index contributed by atoms with van der Waals surface area (Å²) in [6.07, 6.45) is 1.33. The van der Waals surface area contributed by atoms with Gasteiger partial charge in [-0.1, -0.05) is 6.92 Å². The highest BCUT2D eigenvalue weighted by Crippen LogP contribution is 2.16. The molecule has 0 radical (unpaired) electrons. The zero-order valence-corrected chi connectivity index (χ0v) is 13.4. The van der Waals surface area contributed by atoms with Gasteiger partial charge in [0, 0.05) is 36.0 Å². The van der Waals surface area contributed by atoms with Crippen LogP contribution in [0.5, 0.6) is 0 Å². The first-order valence-corrected chi connectivity index (χ1v) is 7.49. The summed E-state index contributed by atoms with van der Waals surface area (Å²) in [5.74, 6) is -0.0501. The molecule has 0 aliphatic heterocycles. The fraction of sp³-hybridized carbons (Fsp3) is 0.600. The molecule has 0 fully saturated rings. The predicted octanol–water partition coefficient (Wildman–Crippen LogP) is 2.83. The van der Waals surface area contributed by atoms with Crippen LogP contribution in [-0.2, 0) is 11.3 Å². The molecule has 20 heavy (non-hydrogen) atoms. The molecule has 0 spiro atoms. The molecule has 1 aromatic heterocycles. The standard InChI is InChI=1S/C15H23ClN2O2/c1-5-10(2)17-15(20)6-7-18-11(3)8-13(12(18)4)14(19)9-16/h8,10H,5-7,9H2,1-4H3,(H,17,20). The quantitative estimate of drug-likeness (QED) is 0.621. The molecule has 1 unspecified atom stereocenters. The van der Waals surface area contributed by atoms with E-state index in [4.69, 9.17) is 11.6 Å². The Labute approximate surface area is 125 Å². The van der Waals surface area contributed by atoms with E-state index in [-0.39, 0.29) is 23.6 Å². The lowest BCUT2D eigenvalue weighted by molar-refractivity contribution is -0.121. The number of aryl methyl sites for hydroxylation is 1. The summed E-state index contributed by atoms with van der Waals surface area (Å²) in [5.41, 5.74) is 2.51. The topological polar surface area (TPSA) is 51.1 Å². The van der Waals surface area contributed by atoms with Crippen LogP contribution in [-0.4, -0.2) is 28.2 Å². The van der Waals surface area contributed by atoms with Crippen molar-refractivity contribution in [2.45, 2.75) is 53.1 Å². The van der Waals surface area contributed by atoms with E-state index in [9.17, 15) is 9.59 Å². The van der Waals surface area contributed by atoms with Crippen molar-refractivity contribution in [3.8, 4) is 0 Å². The third-order valence-corrected chi connectivity index (χ3v) is 3.82. The van der Waals surface area contributed by atoms with Gasteiger partial charge in [-0.2, -0.15) is 0 Å². The van der Waals surface area contributed by atoms with E-state index < -0.39 is 0 Å². The zero-order valence-electron chi connectivity index (χ0n) is 12.6. The molecule has 0 saturated heterocycles. The van der Waals surface area contributed by atoms with Crippen LogP contribution in [0.2, 0.25) is 0 Å². The van der Waals surface area contributed by atoms with Crippen LogP contribution in [0.4, 0.5) is 0 Å². The number of amides is 1. The molecular formula is C15H23ClN2O2. The second-order valence-electron chi connectivity index (χ2n) is 5.12. The number of Topliss-reactive ketones (excluding diaryl/α,β-unsaturated/α-hetero) is 1. The van der Waals surface area contributed by atoms with Crippen molar-refractivity contribution in [3.05, 3.63) is 23.0 Å². The Morgan fingerprint density at radius 3 is 2.60 bits per heavy atom. The van der Waals surface area contributed by atoms with Gasteiger partial charge >= 0.3 is 0 Å². The summed E-state index contributed by atoms with van der Waals surface area (Å²) in [5, 5.41) is 2.94. The van der Waals surface area contributed by atoms with Crippen molar-refractivity contribution in [1.29, 1.82) is 0 Å². The summed E-state index contributed by atoms with van der Waals surface area (Å²) < 4.78 is 2.00. The molecular weight excluding hydrogens is 276 g/mol. The number of aromatic nitrogens is 1. The molecule has 0 bridgehead atoms. The minimum Gasteiger partial charge on any atom is -0.354 e. The summed E-state index contributed by atoms with van der Waals surface area (Å²) in [6.45, 7) is 8.43. The second kappa shape index (κ2) is 7.48. The van der Waals surface area contributed by atoms with E-state index in [0.29, 0.717) is 18.5 Å². The fourth-order valence-electron chi connectivity index (χ4n) is 2.16. The highest BCUT2D eigenvalue weighted by atomic mass is 35.5. The molecule has 4 nitrogen and oxygen atoms in total. The first-order valence-electron chi connectivity index (χ1n) is 6.95. The molecule has 1 N–H and O–H groups in total. The van der Waals surface area contributed by atoms with Gasteiger partial charge in [0.1, 0.15) is 0 Å². The van der Waals surface area contributed by atoms with Crippen LogP contribution in [0.15, 0.2) is 6.07 Å². The van der Waals surface area contributed by atoms with Gasteiger partial charge < -0.3 is 9.88 Å². The first-order chi connectivity index (χ1) is 9.40. The van der Waals surface area contributed by atoms with Gasteiger partial charge in [-0.3, -0.25) is 9.59 Å². The predicted molar refractivity (Wildman–Crippen MR) is 81.5 cm³/mol. The number of alkyl halides is 1. The Morgan fingerprint density at radius 2 is 2.05 bits per heavy atom. The smallest absolute Gasteiger partial charge is 0.221 e. The zero-order chi connectivity index (χ0) is 15.3. The van der Waals surface area contributed by atoms with E-state index >= 15 is 0 Å². The Balaban J connectivity index is 2.71. The first kappa shape index (κ1) is 16.8. The van der Waals surface area contributed by atoms with Gasteiger partial charge in [0.15, 0.2) is 5.78 Å². The molecule has 0 aromatic carbocycles. The second-order valence-corrected chi connectivity index (χ2v) is 5.39. The normalized spacial score (nSPS) is 12.2. The maximum atomic E-state index is 11.8. The van der Waals surface area contributed by atoms with E-state index in [0.717, 1.165) is 17.8 Å². The third-order valence-electron chi connectivity index (χ3n) is 3.58. The summed E-state index contributed by atoms with van der Waals surface area (Å²) in [4.78, 5) is 23.5. The SMILES string of the molecule is CCC(C)NC(=O)CCn1c(C)cc(C(=O)CCl)c1C. The highest BCUT2D eigenvalue weighted by molar-refractivity contribution is 6.30. The minimum absolute atomic E-state index is 0.0151. The number of carbonyl (C=O) groups is 2. The van der Waals surface area contributed by atoms with Crippen molar-refractivity contribution in [2.24, 2.45) is 0 Å². The third kappa shape index (κ3) is 4.10. The lowest BCUT2D eigenvalue weighted by atomic mass is 10.2. The van der Waals surface area contributed by atoms with E-state index in [2.05, 4.69) is 5.32 Å². The van der Waals surface area contributed by atoms with Gasteiger partial charge in [0.2, 0.25) is 5.91 Å². The van der Waals surface area contributed by atoms with Gasteiger partial charge in [-0.15, -0.1) is 11.6 Å². The largest absolute Gasteiger partial charge is 0.354 e. The van der Waals surface area contributed by atoms with Gasteiger partial charge in [-0.25, -0.2) is 0 Å². The Kier molecular flexibility index (Phi) is 6.27. The summed E-state index contributed by atoms with van der Waals surface area (Å²) >= 11 is 5.60. The Bertz CT molecular complexity index is 494. The van der Waals surface area contributed by atoms with Crippen LogP contribution >= 0.6 is 11.6 Å². The molecule has 0 aliphatic rings. The lowest BCUT2D eigenvalue weighted by Gasteiger charge is -2.13. The number of rotatable bonds is 7. The number of ketones is 1. The minimum atomic E-state index is -0.0740. The molecule has 0 aliphatic carbocycles. The molecule has 112 valence electrons. The monoisotopic (exact) mass is 298 g/mol. The van der Waals surface area contributed by atoms with Gasteiger partial charge in [-0.05, 0) is 33.3 Å². The van der Waals surface area contributed by atoms with Crippen LogP contribution in [0.25, 0.3) is 0 Å². The highest BCUT2D eigenvalue weighted by Gasteiger charge is 2.15. The number of hydrogen-bond acceptors (Lipinski definition) is 2. The molecule has 1 atom stereocenters. The van der Waals surface area contributed by atoms with E-state index in [1.165, 1.54) is 0 Å². The maximum Gasteiger partial charge on any atom is 0.221 e. The van der Waals surface area contributed by atoms with E-state index in [1.54, 1.807) is 0 Å². The Morgan fingerprint density at radius 1 is 1.40 bits per heavy atom. The van der Waals surface area contributed by atoms with Crippen molar-refractivity contribution in [2.75, 3.05) is 5.88 Å². The number of carbonyl (C=O) groups excluding carboxylic acids is 2. The number of nitrogens with one attached hydrogen (secondary N) is 1. The van der Waals surface area contributed by atoms with Crippen molar-refractivity contribution in [3.63, 3.8) is 0 Å². The summed E-state index contributed by atoms with van der Waals surface area (Å²) in [6, 6.07) is 2.04. The molecule has 0 saturated carbocycles. The maximum absolute atomic E-state index is 11.8. The van der Waals surface area contributed by atoms with Crippen molar-refractivity contribution < 1.29 is 9.59 Å². The molecule has 1 aromatic rings. The van der Waals surface area contributed by atoms with Gasteiger partial charge in [0.25, 0.3) is 0 Å². The van der Waals surface area contributed by atoms with Crippen molar-refractivity contribution in [1.82, 2.24) is 9.88 Å². The number of hydrogen-bond donors (Lipinski definition) is 1. The average Bonchev–Trinajstić information content (AvgIpc) is 2.70. The molecule has 1 rings (SSSR count). The van der Waals surface area contributed by atoms with Crippen LogP contribution in [0.3, 0.4) is 0 Å². The van der Waals surface area contributed by atoms with Crippen molar-refractivity contribution >= 4 is 23.3 Å². The van der Waals surface area contributed by atoms with Crippen LogP contribution < -0.4 is 5.32 Å². The number of halogens is 1. The summed E-state index contributed by atoms with van der Waals surface area (Å²) in [7, 11) is 0.